The van der Waals surface area contributed by atoms with Crippen molar-refractivity contribution in [1.82, 2.24) is 9.78 Å². The lowest BCUT2D eigenvalue weighted by molar-refractivity contribution is -0.121. The lowest BCUT2D eigenvalue weighted by Crippen LogP contribution is -2.42. The second-order valence-corrected chi connectivity index (χ2v) is 5.77. The third-order valence-corrected chi connectivity index (χ3v) is 4.51. The van der Waals surface area contributed by atoms with Gasteiger partial charge in [-0.05, 0) is 31.1 Å². The van der Waals surface area contributed by atoms with Crippen LogP contribution in [0.1, 0.15) is 19.3 Å². The lowest BCUT2D eigenvalue weighted by Gasteiger charge is -2.26. The molecule has 2 aliphatic carbocycles. The van der Waals surface area contributed by atoms with Gasteiger partial charge in [-0.1, -0.05) is 0 Å². The largest absolute Gasteiger partial charge is 0.327 e. The normalized spacial score (nSPS) is 32.0. The number of hydrogen-bond donors (Lipinski definition) is 2. The summed E-state index contributed by atoms with van der Waals surface area (Å²) in [5, 5.41) is 6.54. The monoisotopic (exact) mass is 284 g/mol. The summed E-state index contributed by atoms with van der Waals surface area (Å²) in [6.07, 6.45) is 3.55. The molecule has 2 bridgehead atoms. The van der Waals surface area contributed by atoms with Crippen LogP contribution >= 0.6 is 0 Å². The quantitative estimate of drug-likeness (QED) is 0.879. The molecule has 1 heterocycles. The Morgan fingerprint density at radius 1 is 1.50 bits per heavy atom. The Hall–Kier alpha value is -1.50. The Morgan fingerprint density at radius 2 is 2.25 bits per heavy atom. The highest BCUT2D eigenvalue weighted by atomic mass is 19.3. The Bertz CT molecular complexity index is 502. The molecule has 0 radical (unpaired) electrons. The summed E-state index contributed by atoms with van der Waals surface area (Å²) in [6, 6.07) is -0.0788. The van der Waals surface area contributed by atoms with Gasteiger partial charge >= 0.3 is 0 Å². The Kier molecular flexibility index (Phi) is 3.45. The predicted molar refractivity (Wildman–Crippen MR) is 69.2 cm³/mol. The van der Waals surface area contributed by atoms with Crippen LogP contribution in [-0.4, -0.2) is 28.2 Å². The number of rotatable bonds is 4. The van der Waals surface area contributed by atoms with Crippen LogP contribution in [0.2, 0.25) is 0 Å². The summed E-state index contributed by atoms with van der Waals surface area (Å²) in [5.74, 6) is 0.553. The summed E-state index contributed by atoms with van der Waals surface area (Å²) in [4.78, 5) is 12.3. The molecular formula is C13H18F2N4O. The number of anilines is 1. The van der Waals surface area contributed by atoms with Crippen LogP contribution in [0.4, 0.5) is 14.5 Å². The zero-order chi connectivity index (χ0) is 14.3. The molecule has 5 nitrogen and oxygen atoms in total. The third kappa shape index (κ3) is 2.42. The maximum absolute atomic E-state index is 12.3. The van der Waals surface area contributed by atoms with Crippen LogP contribution in [0.15, 0.2) is 12.4 Å². The molecule has 4 unspecified atom stereocenters. The molecule has 1 amide bonds. The number of nitrogens with two attached hydrogens (primary N) is 1. The van der Waals surface area contributed by atoms with Crippen molar-refractivity contribution >= 4 is 11.6 Å². The first kappa shape index (κ1) is 13.5. The number of nitrogens with zero attached hydrogens (tertiary/aromatic N) is 2. The van der Waals surface area contributed by atoms with Gasteiger partial charge in [0.2, 0.25) is 5.91 Å². The number of carbonyl (C=O) groups excluding carboxylic acids is 1. The smallest absolute Gasteiger partial charge is 0.257 e. The minimum Gasteiger partial charge on any atom is -0.327 e. The average molecular weight is 284 g/mol. The van der Waals surface area contributed by atoms with Gasteiger partial charge in [-0.2, -0.15) is 5.10 Å². The highest BCUT2D eigenvalue weighted by Gasteiger charge is 2.49. The first-order valence-electron chi connectivity index (χ1n) is 6.91. The van der Waals surface area contributed by atoms with Crippen LogP contribution in [0, 0.1) is 17.8 Å². The summed E-state index contributed by atoms with van der Waals surface area (Å²) < 4.78 is 25.6. The van der Waals surface area contributed by atoms with Gasteiger partial charge in [0.25, 0.3) is 6.43 Å². The molecule has 2 saturated carbocycles. The van der Waals surface area contributed by atoms with Crippen molar-refractivity contribution < 1.29 is 13.6 Å². The topological polar surface area (TPSA) is 72.9 Å². The van der Waals surface area contributed by atoms with Crippen molar-refractivity contribution in [3.63, 3.8) is 0 Å². The molecule has 0 aromatic carbocycles. The van der Waals surface area contributed by atoms with E-state index in [9.17, 15) is 13.6 Å². The fraction of sp³-hybridized carbons (Fsp3) is 0.692. The second-order valence-electron chi connectivity index (χ2n) is 5.77. The van der Waals surface area contributed by atoms with Crippen molar-refractivity contribution in [3.8, 4) is 0 Å². The zero-order valence-electron chi connectivity index (χ0n) is 11.0. The molecule has 2 fully saturated rings. The number of hydrogen-bond acceptors (Lipinski definition) is 3. The molecule has 3 rings (SSSR count). The Labute approximate surface area is 115 Å². The number of carbonyl (C=O) groups is 1. The molecule has 3 N–H and O–H groups in total. The molecular weight excluding hydrogens is 266 g/mol. The zero-order valence-corrected chi connectivity index (χ0v) is 11.0. The number of halogens is 2. The van der Waals surface area contributed by atoms with E-state index in [0.29, 0.717) is 17.5 Å². The fourth-order valence-corrected chi connectivity index (χ4v) is 3.62. The van der Waals surface area contributed by atoms with Crippen molar-refractivity contribution in [2.75, 3.05) is 5.32 Å². The van der Waals surface area contributed by atoms with Crippen LogP contribution < -0.4 is 11.1 Å². The summed E-state index contributed by atoms with van der Waals surface area (Å²) in [7, 11) is 0. The molecule has 1 aromatic heterocycles. The maximum atomic E-state index is 12.3. The Balaban J connectivity index is 1.63. The summed E-state index contributed by atoms with van der Waals surface area (Å²) in [6.45, 7) is -0.469. The van der Waals surface area contributed by atoms with Gasteiger partial charge < -0.3 is 11.1 Å². The molecule has 1 aromatic rings. The van der Waals surface area contributed by atoms with Gasteiger partial charge in [0.05, 0.1) is 17.8 Å². The van der Waals surface area contributed by atoms with E-state index in [1.807, 2.05) is 0 Å². The lowest BCUT2D eigenvalue weighted by atomic mass is 9.84. The fourth-order valence-electron chi connectivity index (χ4n) is 3.62. The molecule has 0 aliphatic heterocycles. The molecule has 20 heavy (non-hydrogen) atoms. The van der Waals surface area contributed by atoms with E-state index in [1.54, 1.807) is 0 Å². The van der Waals surface area contributed by atoms with Crippen molar-refractivity contribution in [2.24, 2.45) is 23.5 Å². The van der Waals surface area contributed by atoms with Crippen LogP contribution in [0.3, 0.4) is 0 Å². The van der Waals surface area contributed by atoms with E-state index in [4.69, 9.17) is 5.73 Å². The molecule has 2 aliphatic rings. The first-order chi connectivity index (χ1) is 9.54. The number of fused-ring (bicyclic) bond motifs is 2. The standard InChI is InChI=1S/C13H18F2N4O/c14-10(15)6-19-5-9(4-17-19)18-13(20)11-7-1-2-8(3-7)12(11)16/h4-5,7-8,10-12H,1-3,6,16H2,(H,18,20). The highest BCUT2D eigenvalue weighted by molar-refractivity contribution is 5.93. The van der Waals surface area contributed by atoms with E-state index in [2.05, 4.69) is 10.4 Å². The molecule has 0 saturated heterocycles. The minimum absolute atomic E-state index is 0.0788. The van der Waals surface area contributed by atoms with Gasteiger partial charge in [-0.3, -0.25) is 9.48 Å². The van der Waals surface area contributed by atoms with Crippen LogP contribution in [0.25, 0.3) is 0 Å². The Morgan fingerprint density at radius 3 is 2.90 bits per heavy atom. The van der Waals surface area contributed by atoms with E-state index >= 15 is 0 Å². The third-order valence-electron chi connectivity index (χ3n) is 4.51. The molecule has 4 atom stereocenters. The number of nitrogens with one attached hydrogen (secondary N) is 1. The number of aromatic nitrogens is 2. The van der Waals surface area contributed by atoms with Gasteiger partial charge in [0.15, 0.2) is 0 Å². The average Bonchev–Trinajstić information content (AvgIpc) is 3.04. The first-order valence-corrected chi connectivity index (χ1v) is 6.91. The van der Waals surface area contributed by atoms with Crippen LogP contribution in [0.5, 0.6) is 0 Å². The number of amides is 1. The molecule has 110 valence electrons. The van der Waals surface area contributed by atoms with E-state index in [1.165, 1.54) is 12.4 Å². The second kappa shape index (κ2) is 5.12. The van der Waals surface area contributed by atoms with Gasteiger partial charge in [0, 0.05) is 12.2 Å². The highest BCUT2D eigenvalue weighted by Crippen LogP contribution is 2.47. The molecule has 0 spiro atoms. The van der Waals surface area contributed by atoms with Crippen molar-refractivity contribution in [1.29, 1.82) is 0 Å². The maximum Gasteiger partial charge on any atom is 0.257 e. The van der Waals surface area contributed by atoms with Crippen molar-refractivity contribution in [2.45, 2.75) is 38.3 Å². The summed E-state index contributed by atoms with van der Waals surface area (Å²) >= 11 is 0. The minimum atomic E-state index is -2.46. The molecule has 7 heteroatoms. The van der Waals surface area contributed by atoms with Gasteiger partial charge in [-0.15, -0.1) is 0 Å². The van der Waals surface area contributed by atoms with Gasteiger partial charge in [0.1, 0.15) is 6.54 Å². The summed E-state index contributed by atoms with van der Waals surface area (Å²) in [5.41, 5.74) is 6.56. The number of alkyl halides is 2. The SMILES string of the molecule is NC1C2CCC(C2)C1C(=O)Nc1cnn(CC(F)F)c1. The van der Waals surface area contributed by atoms with Gasteiger partial charge in [-0.25, -0.2) is 8.78 Å². The predicted octanol–water partition coefficient (Wildman–Crippen LogP) is 1.46. The van der Waals surface area contributed by atoms with Crippen LogP contribution in [-0.2, 0) is 11.3 Å². The van der Waals surface area contributed by atoms with E-state index in [-0.39, 0.29) is 17.9 Å². The van der Waals surface area contributed by atoms with Crippen molar-refractivity contribution in [3.05, 3.63) is 12.4 Å². The van der Waals surface area contributed by atoms with E-state index < -0.39 is 13.0 Å². The van der Waals surface area contributed by atoms with E-state index in [0.717, 1.165) is 23.9 Å².